The van der Waals surface area contributed by atoms with E-state index in [1.54, 1.807) is 0 Å². The van der Waals surface area contributed by atoms with Crippen LogP contribution in [0.4, 0.5) is 0 Å². The van der Waals surface area contributed by atoms with Crippen LogP contribution in [0.3, 0.4) is 0 Å². The fourth-order valence-corrected chi connectivity index (χ4v) is 3.96. The first-order chi connectivity index (χ1) is 10.3. The highest BCUT2D eigenvalue weighted by Crippen LogP contribution is 2.45. The number of hydrogen-bond donors (Lipinski definition) is 0. The highest BCUT2D eigenvalue weighted by atomic mass is 79.9. The molecule has 0 radical (unpaired) electrons. The number of fused-ring (bicyclic) bond motifs is 4. The van der Waals surface area contributed by atoms with E-state index in [0.29, 0.717) is 0 Å². The molecular formula is C18H12BrNO. The Morgan fingerprint density at radius 1 is 1.10 bits per heavy atom. The number of nitrogens with zero attached hydrogens (tertiary/aromatic N) is 1. The first-order valence-electron chi connectivity index (χ1n) is 7.14. The minimum absolute atomic E-state index is 0.957. The van der Waals surface area contributed by atoms with Crippen molar-refractivity contribution in [1.29, 1.82) is 0 Å². The van der Waals surface area contributed by atoms with Gasteiger partial charge < -0.3 is 9.30 Å². The Labute approximate surface area is 130 Å². The molecule has 5 rings (SSSR count). The molecule has 3 aromatic rings. The number of rotatable bonds is 0. The molecule has 0 saturated carbocycles. The van der Waals surface area contributed by atoms with Crippen molar-refractivity contribution in [3.63, 3.8) is 0 Å². The summed E-state index contributed by atoms with van der Waals surface area (Å²) in [5.41, 5.74) is 3.58. The summed E-state index contributed by atoms with van der Waals surface area (Å²) < 4.78 is 9.64. The average molecular weight is 338 g/mol. The van der Waals surface area contributed by atoms with Crippen molar-refractivity contribution < 1.29 is 4.74 Å². The van der Waals surface area contributed by atoms with Crippen LogP contribution >= 0.6 is 15.9 Å². The Morgan fingerprint density at radius 3 is 2.95 bits per heavy atom. The summed E-state index contributed by atoms with van der Waals surface area (Å²) in [6, 6.07) is 12.7. The summed E-state index contributed by atoms with van der Waals surface area (Å²) in [5, 5.41) is 2.49. The topological polar surface area (TPSA) is 14.2 Å². The van der Waals surface area contributed by atoms with E-state index < -0.39 is 0 Å². The molecule has 0 unspecified atom stereocenters. The van der Waals surface area contributed by atoms with Gasteiger partial charge in [0, 0.05) is 21.7 Å². The van der Waals surface area contributed by atoms with E-state index in [0.717, 1.165) is 34.3 Å². The average Bonchev–Trinajstić information content (AvgIpc) is 2.88. The van der Waals surface area contributed by atoms with Gasteiger partial charge in [-0.1, -0.05) is 40.2 Å². The van der Waals surface area contributed by atoms with Gasteiger partial charge in [0.25, 0.3) is 0 Å². The maximum Gasteiger partial charge on any atom is 0.151 e. The number of ether oxygens (including phenoxy) is 1. The van der Waals surface area contributed by atoms with Crippen molar-refractivity contribution >= 4 is 43.4 Å². The third kappa shape index (κ3) is 1.42. The second-order valence-electron chi connectivity index (χ2n) is 5.47. The lowest BCUT2D eigenvalue weighted by Crippen LogP contribution is -2.12. The monoisotopic (exact) mass is 337 g/mol. The molecule has 2 heterocycles. The third-order valence-electron chi connectivity index (χ3n) is 4.30. The van der Waals surface area contributed by atoms with E-state index in [1.807, 2.05) is 0 Å². The lowest BCUT2D eigenvalue weighted by molar-refractivity contribution is 0.400. The van der Waals surface area contributed by atoms with Gasteiger partial charge in [-0.3, -0.25) is 0 Å². The van der Waals surface area contributed by atoms with Crippen molar-refractivity contribution in [2.24, 2.45) is 0 Å². The number of halogens is 1. The van der Waals surface area contributed by atoms with Crippen LogP contribution < -0.4 is 4.74 Å². The Balaban J connectivity index is 2.07. The van der Waals surface area contributed by atoms with Gasteiger partial charge in [-0.05, 0) is 30.7 Å². The number of allylic oxidation sites excluding steroid dienone is 4. The van der Waals surface area contributed by atoms with Gasteiger partial charge in [0.15, 0.2) is 5.75 Å². The first-order valence-corrected chi connectivity index (χ1v) is 7.93. The predicted octanol–water partition coefficient (Wildman–Crippen LogP) is 5.47. The standard InChI is InChI=1S/C18H12BrNO/c19-12-9-10-16-18-17(12)11-5-1-2-6-13(11)20(18)14-7-3-4-8-15(14)21-16/h1-3,5-7,9-10H,4,8H2. The zero-order valence-electron chi connectivity index (χ0n) is 11.3. The molecule has 2 aromatic carbocycles. The van der Waals surface area contributed by atoms with E-state index in [2.05, 4.69) is 69.0 Å². The SMILES string of the molecule is Brc1ccc2c3c1c1ccccc1n3C1=C(CCC=C1)O2. The molecule has 0 bridgehead atoms. The van der Waals surface area contributed by atoms with Gasteiger partial charge >= 0.3 is 0 Å². The smallest absolute Gasteiger partial charge is 0.151 e. The lowest BCUT2D eigenvalue weighted by atomic mass is 10.1. The van der Waals surface area contributed by atoms with Crippen LogP contribution in [-0.2, 0) is 0 Å². The molecular weight excluding hydrogens is 326 g/mol. The molecule has 1 aromatic heterocycles. The van der Waals surface area contributed by atoms with Crippen LogP contribution in [0.1, 0.15) is 12.8 Å². The molecule has 102 valence electrons. The maximum atomic E-state index is 6.18. The van der Waals surface area contributed by atoms with Crippen LogP contribution in [0.2, 0.25) is 0 Å². The molecule has 0 N–H and O–H groups in total. The normalized spacial score (nSPS) is 16.4. The molecule has 0 atom stereocenters. The minimum Gasteiger partial charge on any atom is -0.457 e. The van der Waals surface area contributed by atoms with Crippen molar-refractivity contribution in [3.8, 4) is 5.75 Å². The van der Waals surface area contributed by atoms with E-state index in [9.17, 15) is 0 Å². The number of para-hydroxylation sites is 1. The fraction of sp³-hybridized carbons (Fsp3) is 0.111. The molecule has 2 nitrogen and oxygen atoms in total. The fourth-order valence-electron chi connectivity index (χ4n) is 3.42. The molecule has 0 saturated heterocycles. The summed E-state index contributed by atoms with van der Waals surface area (Å²) in [5.74, 6) is 2.04. The van der Waals surface area contributed by atoms with Crippen LogP contribution in [0, 0.1) is 0 Å². The Kier molecular flexibility index (Phi) is 2.22. The molecule has 21 heavy (non-hydrogen) atoms. The summed E-state index contributed by atoms with van der Waals surface area (Å²) >= 11 is 3.70. The van der Waals surface area contributed by atoms with Gasteiger partial charge in [0.05, 0.1) is 16.7 Å². The number of benzene rings is 2. The summed E-state index contributed by atoms with van der Waals surface area (Å²) in [7, 11) is 0. The van der Waals surface area contributed by atoms with Gasteiger partial charge in [-0.2, -0.15) is 0 Å². The van der Waals surface area contributed by atoms with Crippen LogP contribution in [0.25, 0.3) is 27.5 Å². The predicted molar refractivity (Wildman–Crippen MR) is 89.4 cm³/mol. The largest absolute Gasteiger partial charge is 0.457 e. The first kappa shape index (κ1) is 11.6. The minimum atomic E-state index is 0.957. The van der Waals surface area contributed by atoms with Gasteiger partial charge in [0.2, 0.25) is 0 Å². The Bertz CT molecular complexity index is 978. The second-order valence-corrected chi connectivity index (χ2v) is 6.33. The highest BCUT2D eigenvalue weighted by Gasteiger charge is 2.26. The van der Waals surface area contributed by atoms with Gasteiger partial charge in [0.1, 0.15) is 5.76 Å². The molecule has 0 fully saturated rings. The van der Waals surface area contributed by atoms with Crippen LogP contribution in [0.5, 0.6) is 5.75 Å². The summed E-state index contributed by atoms with van der Waals surface area (Å²) in [6.07, 6.45) is 6.43. The molecule has 2 aliphatic rings. The Morgan fingerprint density at radius 2 is 2.00 bits per heavy atom. The number of aromatic nitrogens is 1. The molecule has 1 aliphatic heterocycles. The summed E-state index contributed by atoms with van der Waals surface area (Å²) in [4.78, 5) is 0. The van der Waals surface area contributed by atoms with Crippen molar-refractivity contribution in [3.05, 3.63) is 58.8 Å². The van der Waals surface area contributed by atoms with E-state index >= 15 is 0 Å². The lowest BCUT2D eigenvalue weighted by Gasteiger charge is -2.24. The molecule has 3 heteroatoms. The van der Waals surface area contributed by atoms with Gasteiger partial charge in [-0.25, -0.2) is 0 Å². The Hall–Kier alpha value is -2.00. The molecule has 0 amide bonds. The maximum absolute atomic E-state index is 6.18. The quantitative estimate of drug-likeness (QED) is 0.530. The second kappa shape index (κ2) is 4.01. The van der Waals surface area contributed by atoms with E-state index in [4.69, 9.17) is 4.74 Å². The molecule has 0 spiro atoms. The van der Waals surface area contributed by atoms with Crippen molar-refractivity contribution in [1.82, 2.24) is 4.57 Å². The summed E-state index contributed by atoms with van der Waals surface area (Å²) in [6.45, 7) is 0. The van der Waals surface area contributed by atoms with Gasteiger partial charge in [-0.15, -0.1) is 0 Å². The van der Waals surface area contributed by atoms with Crippen LogP contribution in [0.15, 0.2) is 58.8 Å². The van der Waals surface area contributed by atoms with Crippen LogP contribution in [-0.4, -0.2) is 4.57 Å². The van der Waals surface area contributed by atoms with E-state index in [-0.39, 0.29) is 0 Å². The zero-order valence-corrected chi connectivity index (χ0v) is 12.9. The van der Waals surface area contributed by atoms with Crippen molar-refractivity contribution in [2.45, 2.75) is 12.8 Å². The number of hydrogen-bond acceptors (Lipinski definition) is 1. The molecule has 1 aliphatic carbocycles. The van der Waals surface area contributed by atoms with Crippen molar-refractivity contribution in [2.75, 3.05) is 0 Å². The highest BCUT2D eigenvalue weighted by molar-refractivity contribution is 9.10. The third-order valence-corrected chi connectivity index (χ3v) is 4.96. The zero-order chi connectivity index (χ0) is 14.0. The van der Waals surface area contributed by atoms with E-state index in [1.165, 1.54) is 22.0 Å².